The van der Waals surface area contributed by atoms with E-state index in [2.05, 4.69) is 5.10 Å². The van der Waals surface area contributed by atoms with Crippen molar-refractivity contribution in [1.82, 2.24) is 14.5 Å². The Morgan fingerprint density at radius 1 is 1.18 bits per heavy atom. The van der Waals surface area contributed by atoms with E-state index >= 15 is 0 Å². The lowest BCUT2D eigenvalue weighted by molar-refractivity contribution is -0.133. The molecule has 0 unspecified atom stereocenters. The van der Waals surface area contributed by atoms with E-state index in [9.17, 15) is 9.59 Å². The molecule has 2 amide bonds. The van der Waals surface area contributed by atoms with Crippen LogP contribution >= 0.6 is 0 Å². The molecule has 33 heavy (non-hydrogen) atoms. The summed E-state index contributed by atoms with van der Waals surface area (Å²) in [6.07, 6.45) is 3.84. The van der Waals surface area contributed by atoms with Gasteiger partial charge >= 0.3 is 0 Å². The summed E-state index contributed by atoms with van der Waals surface area (Å²) >= 11 is 0. The van der Waals surface area contributed by atoms with Gasteiger partial charge in [0.15, 0.2) is 5.76 Å². The number of likely N-dealkylation sites (N-methyl/N-ethyl adjacent to an activating group) is 1. The van der Waals surface area contributed by atoms with Crippen LogP contribution in [0.4, 0.5) is 0 Å². The number of amides is 2. The van der Waals surface area contributed by atoms with Crippen LogP contribution in [0, 0.1) is 0 Å². The molecule has 0 saturated heterocycles. The maximum atomic E-state index is 13.4. The standard InChI is InChI=1S/C24H26N4O5/c1-26-11-5-7-19(26)18-14-20(17-13-16(31-3)9-10-21(17)32-4)28(25-18)23(29)15-27(2)24(30)22-8-6-12-33-22/h5-13,20H,14-15H2,1-4H3/t20-/m0/s1. The third-order valence-corrected chi connectivity index (χ3v) is 5.65. The van der Waals surface area contributed by atoms with Crippen LogP contribution in [0.25, 0.3) is 0 Å². The van der Waals surface area contributed by atoms with E-state index < -0.39 is 6.04 Å². The lowest BCUT2D eigenvalue weighted by atomic mass is 9.99. The molecule has 0 bridgehead atoms. The molecular weight excluding hydrogens is 424 g/mol. The van der Waals surface area contributed by atoms with Gasteiger partial charge in [0.25, 0.3) is 11.8 Å². The van der Waals surface area contributed by atoms with Gasteiger partial charge in [-0.2, -0.15) is 5.10 Å². The molecule has 4 rings (SSSR count). The first-order valence-corrected chi connectivity index (χ1v) is 10.4. The van der Waals surface area contributed by atoms with E-state index in [1.807, 2.05) is 42.1 Å². The van der Waals surface area contributed by atoms with Gasteiger partial charge in [-0.15, -0.1) is 0 Å². The highest BCUT2D eigenvalue weighted by Gasteiger charge is 2.36. The molecule has 0 spiro atoms. The van der Waals surface area contributed by atoms with Crippen LogP contribution in [0.2, 0.25) is 0 Å². The molecule has 1 aliphatic heterocycles. The zero-order chi connectivity index (χ0) is 23.5. The number of methoxy groups -OCH3 is 2. The van der Waals surface area contributed by atoms with Crippen molar-refractivity contribution in [2.24, 2.45) is 12.1 Å². The highest BCUT2D eigenvalue weighted by atomic mass is 16.5. The van der Waals surface area contributed by atoms with Gasteiger partial charge in [0.2, 0.25) is 0 Å². The summed E-state index contributed by atoms with van der Waals surface area (Å²) in [5.74, 6) is 0.745. The van der Waals surface area contributed by atoms with Crippen LogP contribution in [-0.4, -0.2) is 59.8 Å². The molecule has 1 atom stereocenters. The Labute approximate surface area is 191 Å². The van der Waals surface area contributed by atoms with Crippen molar-refractivity contribution in [3.8, 4) is 11.5 Å². The molecular formula is C24H26N4O5. The first-order valence-electron chi connectivity index (χ1n) is 10.4. The minimum absolute atomic E-state index is 0.160. The molecule has 3 heterocycles. The van der Waals surface area contributed by atoms with Crippen molar-refractivity contribution >= 4 is 17.5 Å². The Morgan fingerprint density at radius 3 is 2.64 bits per heavy atom. The number of ether oxygens (including phenoxy) is 2. The SMILES string of the molecule is COc1ccc(OC)c([C@@H]2CC(c3cccn3C)=NN2C(=O)CN(C)C(=O)c2ccco2)c1. The van der Waals surface area contributed by atoms with Crippen molar-refractivity contribution in [2.45, 2.75) is 12.5 Å². The summed E-state index contributed by atoms with van der Waals surface area (Å²) in [4.78, 5) is 27.3. The minimum atomic E-state index is -0.417. The molecule has 3 aromatic rings. The van der Waals surface area contributed by atoms with Crippen molar-refractivity contribution < 1.29 is 23.5 Å². The molecule has 0 radical (unpaired) electrons. The quantitative estimate of drug-likeness (QED) is 0.552. The van der Waals surface area contributed by atoms with Crippen LogP contribution in [0.3, 0.4) is 0 Å². The molecule has 2 aromatic heterocycles. The lowest BCUT2D eigenvalue weighted by Gasteiger charge is -2.26. The topological polar surface area (TPSA) is 89.5 Å². The van der Waals surface area contributed by atoms with Crippen LogP contribution in [0.15, 0.2) is 64.4 Å². The summed E-state index contributed by atoms with van der Waals surface area (Å²) in [6.45, 7) is -0.160. The van der Waals surface area contributed by atoms with Crippen molar-refractivity contribution in [2.75, 3.05) is 27.8 Å². The van der Waals surface area contributed by atoms with Gasteiger partial charge in [0, 0.05) is 32.3 Å². The van der Waals surface area contributed by atoms with Crippen LogP contribution in [0.5, 0.6) is 11.5 Å². The maximum absolute atomic E-state index is 13.4. The molecule has 1 aliphatic rings. The molecule has 9 nitrogen and oxygen atoms in total. The molecule has 9 heteroatoms. The molecule has 0 saturated carbocycles. The van der Waals surface area contributed by atoms with Gasteiger partial charge in [-0.25, -0.2) is 5.01 Å². The molecule has 0 fully saturated rings. The monoisotopic (exact) mass is 450 g/mol. The Kier molecular flexibility index (Phi) is 6.21. The van der Waals surface area contributed by atoms with Gasteiger partial charge in [-0.05, 0) is 42.5 Å². The van der Waals surface area contributed by atoms with E-state index in [1.54, 1.807) is 39.5 Å². The fourth-order valence-corrected chi connectivity index (χ4v) is 3.93. The number of benzene rings is 1. The Hall–Kier alpha value is -4.01. The third kappa shape index (κ3) is 4.34. The van der Waals surface area contributed by atoms with E-state index in [-0.39, 0.29) is 24.1 Å². The molecule has 172 valence electrons. The van der Waals surface area contributed by atoms with E-state index in [1.165, 1.54) is 16.2 Å². The van der Waals surface area contributed by atoms with E-state index in [0.29, 0.717) is 17.9 Å². The van der Waals surface area contributed by atoms with Crippen molar-refractivity contribution in [3.63, 3.8) is 0 Å². The van der Waals surface area contributed by atoms with Crippen LogP contribution < -0.4 is 9.47 Å². The maximum Gasteiger partial charge on any atom is 0.289 e. The predicted octanol–water partition coefficient (Wildman–Crippen LogP) is 3.09. The van der Waals surface area contributed by atoms with Crippen LogP contribution in [0.1, 0.15) is 34.3 Å². The average molecular weight is 450 g/mol. The number of nitrogens with zero attached hydrogens (tertiary/aromatic N) is 4. The highest BCUT2D eigenvalue weighted by molar-refractivity contribution is 6.02. The number of carbonyl (C=O) groups is 2. The second-order valence-electron chi connectivity index (χ2n) is 7.76. The Bertz CT molecular complexity index is 1180. The normalized spacial score (nSPS) is 15.3. The third-order valence-electron chi connectivity index (χ3n) is 5.65. The van der Waals surface area contributed by atoms with Gasteiger partial charge in [0.1, 0.15) is 18.0 Å². The molecule has 0 aliphatic carbocycles. The van der Waals surface area contributed by atoms with Crippen LogP contribution in [-0.2, 0) is 11.8 Å². The summed E-state index contributed by atoms with van der Waals surface area (Å²) < 4.78 is 18.1. The van der Waals surface area contributed by atoms with E-state index in [0.717, 1.165) is 17.0 Å². The number of hydrogen-bond donors (Lipinski definition) is 0. The number of aromatic nitrogens is 1. The smallest absolute Gasteiger partial charge is 0.289 e. The van der Waals surface area contributed by atoms with Gasteiger partial charge < -0.3 is 23.4 Å². The Morgan fingerprint density at radius 2 is 2.00 bits per heavy atom. The first kappa shape index (κ1) is 22.2. The van der Waals surface area contributed by atoms with Gasteiger partial charge in [-0.3, -0.25) is 9.59 Å². The predicted molar refractivity (Wildman–Crippen MR) is 121 cm³/mol. The number of furan rings is 1. The van der Waals surface area contributed by atoms with Gasteiger partial charge in [-0.1, -0.05) is 0 Å². The number of carbonyl (C=O) groups excluding carboxylic acids is 2. The van der Waals surface area contributed by atoms with Gasteiger partial charge in [0.05, 0.1) is 37.9 Å². The summed E-state index contributed by atoms with van der Waals surface area (Å²) in [6, 6.07) is 12.1. The summed E-state index contributed by atoms with van der Waals surface area (Å²) in [7, 11) is 6.66. The van der Waals surface area contributed by atoms with Crippen molar-refractivity contribution in [1.29, 1.82) is 0 Å². The molecule has 0 N–H and O–H groups in total. The number of hydrogen-bond acceptors (Lipinski definition) is 6. The average Bonchev–Trinajstić information content (AvgIpc) is 3.58. The second kappa shape index (κ2) is 9.23. The zero-order valence-electron chi connectivity index (χ0n) is 19.0. The summed E-state index contributed by atoms with van der Waals surface area (Å²) in [5.41, 5.74) is 2.46. The summed E-state index contributed by atoms with van der Waals surface area (Å²) in [5, 5.41) is 6.11. The number of aryl methyl sites for hydroxylation is 1. The fraction of sp³-hybridized carbons (Fsp3) is 0.292. The Balaban J connectivity index is 1.67. The minimum Gasteiger partial charge on any atom is -0.497 e. The highest BCUT2D eigenvalue weighted by Crippen LogP contribution is 2.39. The second-order valence-corrected chi connectivity index (χ2v) is 7.76. The fourth-order valence-electron chi connectivity index (χ4n) is 3.93. The first-order chi connectivity index (χ1) is 15.9. The lowest BCUT2D eigenvalue weighted by Crippen LogP contribution is -2.39. The largest absolute Gasteiger partial charge is 0.497 e. The van der Waals surface area contributed by atoms with E-state index in [4.69, 9.17) is 13.9 Å². The number of hydrazone groups is 1. The van der Waals surface area contributed by atoms with Crippen molar-refractivity contribution in [3.05, 3.63) is 71.9 Å². The molecule has 1 aromatic carbocycles. The zero-order valence-corrected chi connectivity index (χ0v) is 19.0. The number of rotatable bonds is 7.